The largest absolute Gasteiger partial charge is 0.497 e. The van der Waals surface area contributed by atoms with Crippen LogP contribution >= 0.6 is 0 Å². The van der Waals surface area contributed by atoms with Crippen LogP contribution in [0.25, 0.3) is 0 Å². The molecule has 1 aromatic carbocycles. The topological polar surface area (TPSA) is 76.1 Å². The quantitative estimate of drug-likeness (QED) is 0.839. The first kappa shape index (κ1) is 14.8. The first-order valence-corrected chi connectivity index (χ1v) is 5.69. The van der Waals surface area contributed by atoms with Gasteiger partial charge in [-0.2, -0.15) is 0 Å². The maximum absolute atomic E-state index is 12.2. The molecule has 1 amide bonds. The first-order chi connectivity index (χ1) is 8.99. The number of amides is 1. The molecule has 0 aliphatic rings. The molecule has 0 atom stereocenters. The number of hydrogen-bond acceptors (Lipinski definition) is 4. The molecule has 1 N–H and O–H groups in total. The smallest absolute Gasteiger partial charge is 0.305 e. The molecule has 0 radical (unpaired) electrons. The van der Waals surface area contributed by atoms with E-state index in [0.717, 1.165) is 0 Å². The van der Waals surface area contributed by atoms with Crippen molar-refractivity contribution in [1.29, 1.82) is 0 Å². The van der Waals surface area contributed by atoms with E-state index in [1.54, 1.807) is 25.2 Å². The Morgan fingerprint density at radius 2 is 1.95 bits per heavy atom. The zero-order valence-electron chi connectivity index (χ0n) is 11.2. The SMILES string of the molecule is COc1ccc(OC)c(C(=O)N(C)CCC(=O)O)c1. The second-order valence-corrected chi connectivity index (χ2v) is 3.94. The molecule has 0 aliphatic heterocycles. The van der Waals surface area contributed by atoms with E-state index in [-0.39, 0.29) is 18.9 Å². The lowest BCUT2D eigenvalue weighted by atomic mass is 10.1. The van der Waals surface area contributed by atoms with Gasteiger partial charge in [-0.3, -0.25) is 9.59 Å². The van der Waals surface area contributed by atoms with Crippen LogP contribution in [0.15, 0.2) is 18.2 Å². The van der Waals surface area contributed by atoms with Crippen molar-refractivity contribution < 1.29 is 24.2 Å². The highest BCUT2D eigenvalue weighted by Crippen LogP contribution is 2.25. The molecule has 6 nitrogen and oxygen atoms in total. The van der Waals surface area contributed by atoms with Gasteiger partial charge in [0.1, 0.15) is 11.5 Å². The monoisotopic (exact) mass is 267 g/mol. The number of carboxylic acids is 1. The van der Waals surface area contributed by atoms with E-state index in [0.29, 0.717) is 17.1 Å². The summed E-state index contributed by atoms with van der Waals surface area (Å²) in [6.45, 7) is 0.133. The minimum atomic E-state index is -0.947. The van der Waals surface area contributed by atoms with Gasteiger partial charge in [-0.15, -0.1) is 0 Å². The number of ether oxygens (including phenoxy) is 2. The Labute approximate surface area is 111 Å². The molecule has 1 rings (SSSR count). The van der Waals surface area contributed by atoms with Crippen LogP contribution in [-0.4, -0.2) is 49.7 Å². The van der Waals surface area contributed by atoms with Crippen molar-refractivity contribution in [2.24, 2.45) is 0 Å². The van der Waals surface area contributed by atoms with Gasteiger partial charge in [0.05, 0.1) is 26.2 Å². The summed E-state index contributed by atoms with van der Waals surface area (Å²) in [5.41, 5.74) is 0.342. The standard InChI is InChI=1S/C13H17NO5/c1-14(7-6-12(15)16)13(17)10-8-9(18-2)4-5-11(10)19-3/h4-5,8H,6-7H2,1-3H3,(H,15,16). The van der Waals surface area contributed by atoms with Gasteiger partial charge >= 0.3 is 5.97 Å². The molecule has 0 unspecified atom stereocenters. The third-order valence-corrected chi connectivity index (χ3v) is 2.64. The van der Waals surface area contributed by atoms with E-state index in [9.17, 15) is 9.59 Å². The van der Waals surface area contributed by atoms with Crippen molar-refractivity contribution in [3.63, 3.8) is 0 Å². The van der Waals surface area contributed by atoms with Gasteiger partial charge in [-0.1, -0.05) is 0 Å². The summed E-state index contributed by atoms with van der Waals surface area (Å²) in [6, 6.07) is 4.89. The van der Waals surface area contributed by atoms with Gasteiger partial charge in [0.25, 0.3) is 5.91 Å². The molecule has 6 heteroatoms. The molecule has 104 valence electrons. The number of carboxylic acid groups (broad SMARTS) is 1. The molecular formula is C13H17NO5. The zero-order valence-corrected chi connectivity index (χ0v) is 11.2. The summed E-state index contributed by atoms with van der Waals surface area (Å²) < 4.78 is 10.2. The highest BCUT2D eigenvalue weighted by Gasteiger charge is 2.18. The van der Waals surface area contributed by atoms with Gasteiger partial charge in [-0.25, -0.2) is 0 Å². The molecule has 1 aromatic rings. The maximum atomic E-state index is 12.2. The minimum Gasteiger partial charge on any atom is -0.497 e. The number of carbonyl (C=O) groups excluding carboxylic acids is 1. The highest BCUT2D eigenvalue weighted by molar-refractivity contribution is 5.97. The van der Waals surface area contributed by atoms with Crippen molar-refractivity contribution in [2.45, 2.75) is 6.42 Å². The Balaban J connectivity index is 2.93. The molecule has 0 bridgehead atoms. The van der Waals surface area contributed by atoms with E-state index in [1.807, 2.05) is 0 Å². The van der Waals surface area contributed by atoms with E-state index < -0.39 is 5.97 Å². The number of benzene rings is 1. The number of aliphatic carboxylic acids is 1. The Kier molecular flexibility index (Phi) is 5.17. The van der Waals surface area contributed by atoms with Crippen LogP contribution in [0.1, 0.15) is 16.8 Å². The molecular weight excluding hydrogens is 250 g/mol. The number of methoxy groups -OCH3 is 2. The lowest BCUT2D eigenvalue weighted by Gasteiger charge is -2.18. The Bertz CT molecular complexity index is 472. The van der Waals surface area contributed by atoms with Gasteiger partial charge in [-0.05, 0) is 18.2 Å². The summed E-state index contributed by atoms with van der Waals surface area (Å²) in [5, 5.41) is 8.61. The molecule has 0 aliphatic carbocycles. The fourth-order valence-corrected chi connectivity index (χ4v) is 1.55. The summed E-state index contributed by atoms with van der Waals surface area (Å²) in [7, 11) is 4.52. The molecule has 0 heterocycles. The molecule has 19 heavy (non-hydrogen) atoms. The van der Waals surface area contributed by atoms with Gasteiger partial charge in [0, 0.05) is 13.6 Å². The number of hydrogen-bond donors (Lipinski definition) is 1. The lowest BCUT2D eigenvalue weighted by molar-refractivity contribution is -0.137. The normalized spacial score (nSPS) is 9.84. The fraction of sp³-hybridized carbons (Fsp3) is 0.385. The van der Waals surface area contributed by atoms with Crippen molar-refractivity contribution in [3.8, 4) is 11.5 Å². The Hall–Kier alpha value is -2.24. The minimum absolute atomic E-state index is 0.103. The first-order valence-electron chi connectivity index (χ1n) is 5.69. The second-order valence-electron chi connectivity index (χ2n) is 3.94. The molecule has 0 spiro atoms. The molecule has 0 saturated heterocycles. The van der Waals surface area contributed by atoms with Crippen LogP contribution in [0.4, 0.5) is 0 Å². The Morgan fingerprint density at radius 1 is 1.26 bits per heavy atom. The third-order valence-electron chi connectivity index (χ3n) is 2.64. The summed E-state index contributed by atoms with van der Waals surface area (Å²) >= 11 is 0. The number of nitrogens with zero attached hydrogens (tertiary/aromatic N) is 1. The van der Waals surface area contributed by atoms with Crippen LogP contribution in [0.2, 0.25) is 0 Å². The molecule has 0 fully saturated rings. The van der Waals surface area contributed by atoms with Crippen LogP contribution < -0.4 is 9.47 Å². The number of carbonyl (C=O) groups is 2. The van der Waals surface area contributed by atoms with Gasteiger partial charge in [0.15, 0.2) is 0 Å². The second kappa shape index (κ2) is 6.63. The van der Waals surface area contributed by atoms with Crippen LogP contribution in [0, 0.1) is 0 Å². The van der Waals surface area contributed by atoms with Crippen molar-refractivity contribution in [1.82, 2.24) is 4.90 Å². The lowest BCUT2D eigenvalue weighted by Crippen LogP contribution is -2.29. The highest BCUT2D eigenvalue weighted by atomic mass is 16.5. The average molecular weight is 267 g/mol. The third kappa shape index (κ3) is 3.87. The van der Waals surface area contributed by atoms with Gasteiger partial charge in [0.2, 0.25) is 0 Å². The Morgan fingerprint density at radius 3 is 2.47 bits per heavy atom. The number of rotatable bonds is 6. The molecule has 0 aromatic heterocycles. The van der Waals surface area contributed by atoms with E-state index in [2.05, 4.69) is 0 Å². The van der Waals surface area contributed by atoms with E-state index in [1.165, 1.54) is 19.1 Å². The van der Waals surface area contributed by atoms with E-state index >= 15 is 0 Å². The average Bonchev–Trinajstić information content (AvgIpc) is 2.42. The van der Waals surface area contributed by atoms with Crippen LogP contribution in [0.3, 0.4) is 0 Å². The van der Waals surface area contributed by atoms with Crippen LogP contribution in [0.5, 0.6) is 11.5 Å². The van der Waals surface area contributed by atoms with Crippen molar-refractivity contribution >= 4 is 11.9 Å². The van der Waals surface area contributed by atoms with Crippen LogP contribution in [-0.2, 0) is 4.79 Å². The molecule has 0 saturated carbocycles. The summed E-state index contributed by atoms with van der Waals surface area (Å²) in [4.78, 5) is 24.0. The summed E-state index contributed by atoms with van der Waals surface area (Å²) in [5.74, 6) is -0.294. The van der Waals surface area contributed by atoms with Gasteiger partial charge < -0.3 is 19.5 Å². The predicted molar refractivity (Wildman–Crippen MR) is 68.8 cm³/mol. The zero-order chi connectivity index (χ0) is 14.4. The fourth-order valence-electron chi connectivity index (χ4n) is 1.55. The summed E-state index contributed by atoms with van der Waals surface area (Å²) in [6.07, 6.45) is -0.103. The van der Waals surface area contributed by atoms with Crippen molar-refractivity contribution in [3.05, 3.63) is 23.8 Å². The predicted octanol–water partition coefficient (Wildman–Crippen LogP) is 1.25. The maximum Gasteiger partial charge on any atom is 0.305 e. The van der Waals surface area contributed by atoms with Crippen molar-refractivity contribution in [2.75, 3.05) is 27.8 Å². The van der Waals surface area contributed by atoms with E-state index in [4.69, 9.17) is 14.6 Å².